The first-order valence-corrected chi connectivity index (χ1v) is 10.5. The van der Waals surface area contributed by atoms with Gasteiger partial charge in [0, 0.05) is 51.9 Å². The monoisotopic (exact) mass is 394 g/mol. The predicted octanol–water partition coefficient (Wildman–Crippen LogP) is -0.0267. The Labute approximate surface area is 160 Å². The maximum Gasteiger partial charge on any atom is 0.253 e. The van der Waals surface area contributed by atoms with Crippen molar-refractivity contribution in [3.05, 3.63) is 29.8 Å². The van der Waals surface area contributed by atoms with Crippen LogP contribution >= 0.6 is 0 Å². The molecule has 2 fully saturated rings. The van der Waals surface area contributed by atoms with Gasteiger partial charge in [0.1, 0.15) is 0 Å². The first-order valence-electron chi connectivity index (χ1n) is 9.11. The predicted molar refractivity (Wildman–Crippen MR) is 101 cm³/mol. The minimum Gasteiger partial charge on any atom is -0.352 e. The smallest absolute Gasteiger partial charge is 0.253 e. The van der Waals surface area contributed by atoms with Crippen LogP contribution in [0.25, 0.3) is 0 Å². The molecule has 1 saturated carbocycles. The summed E-state index contributed by atoms with van der Waals surface area (Å²) in [7, 11) is -0.561. The molecular formula is C18H26N4O4S. The van der Waals surface area contributed by atoms with Gasteiger partial charge in [-0.2, -0.15) is 0 Å². The summed E-state index contributed by atoms with van der Waals surface area (Å²) in [6.07, 6.45) is 2.14. The van der Waals surface area contributed by atoms with Gasteiger partial charge in [-0.25, -0.2) is 12.7 Å². The lowest BCUT2D eigenvalue weighted by molar-refractivity contribution is -0.122. The van der Waals surface area contributed by atoms with Gasteiger partial charge in [-0.15, -0.1) is 0 Å². The summed E-state index contributed by atoms with van der Waals surface area (Å²) in [6.45, 7) is 2.77. The normalized spacial score (nSPS) is 18.6. The van der Waals surface area contributed by atoms with E-state index in [4.69, 9.17) is 0 Å². The molecule has 8 nitrogen and oxygen atoms in total. The van der Waals surface area contributed by atoms with Gasteiger partial charge in [0.2, 0.25) is 15.9 Å². The number of sulfonamides is 1. The molecule has 0 atom stereocenters. The molecule has 9 heteroatoms. The average Bonchev–Trinajstić information content (AvgIpc) is 3.45. The van der Waals surface area contributed by atoms with Crippen LogP contribution < -0.4 is 5.32 Å². The van der Waals surface area contributed by atoms with Gasteiger partial charge in [-0.05, 0) is 37.1 Å². The minimum atomic E-state index is -3.50. The lowest BCUT2D eigenvalue weighted by Gasteiger charge is -2.34. The van der Waals surface area contributed by atoms with Crippen molar-refractivity contribution in [2.45, 2.75) is 23.8 Å². The van der Waals surface area contributed by atoms with Gasteiger partial charge < -0.3 is 10.2 Å². The van der Waals surface area contributed by atoms with Crippen LogP contribution in [0.1, 0.15) is 23.2 Å². The third-order valence-electron chi connectivity index (χ3n) is 4.85. The number of hydrogen-bond acceptors (Lipinski definition) is 5. The van der Waals surface area contributed by atoms with Crippen molar-refractivity contribution >= 4 is 21.8 Å². The van der Waals surface area contributed by atoms with Crippen molar-refractivity contribution in [3.63, 3.8) is 0 Å². The van der Waals surface area contributed by atoms with Gasteiger partial charge >= 0.3 is 0 Å². The van der Waals surface area contributed by atoms with E-state index in [1.807, 2.05) is 4.90 Å². The molecule has 0 spiro atoms. The average molecular weight is 394 g/mol. The summed E-state index contributed by atoms with van der Waals surface area (Å²) in [5.74, 6) is -0.0687. The van der Waals surface area contributed by atoms with Crippen molar-refractivity contribution in [2.75, 3.05) is 46.8 Å². The van der Waals surface area contributed by atoms with Crippen LogP contribution in [-0.4, -0.2) is 87.2 Å². The number of carbonyl (C=O) groups is 2. The molecule has 0 aromatic heterocycles. The van der Waals surface area contributed by atoms with Gasteiger partial charge in [-0.1, -0.05) is 0 Å². The number of rotatable bonds is 6. The Bertz CT molecular complexity index is 795. The lowest BCUT2D eigenvalue weighted by atomic mass is 10.2. The van der Waals surface area contributed by atoms with Crippen LogP contribution in [0.4, 0.5) is 0 Å². The minimum absolute atomic E-state index is 0.0509. The second-order valence-electron chi connectivity index (χ2n) is 7.22. The Morgan fingerprint density at radius 3 is 2.19 bits per heavy atom. The fourth-order valence-electron chi connectivity index (χ4n) is 2.98. The molecule has 148 valence electrons. The number of piperazine rings is 1. The summed E-state index contributed by atoms with van der Waals surface area (Å²) in [6, 6.07) is 6.38. The van der Waals surface area contributed by atoms with Crippen LogP contribution in [-0.2, 0) is 14.8 Å². The Balaban J connectivity index is 1.53. The number of nitrogens with one attached hydrogen (secondary N) is 1. The van der Waals surface area contributed by atoms with Crippen molar-refractivity contribution in [3.8, 4) is 0 Å². The zero-order valence-corrected chi connectivity index (χ0v) is 16.5. The molecule has 0 unspecified atom stereocenters. The van der Waals surface area contributed by atoms with E-state index in [2.05, 4.69) is 5.32 Å². The summed E-state index contributed by atoms with van der Waals surface area (Å²) in [4.78, 5) is 28.5. The molecule has 1 aromatic rings. The van der Waals surface area contributed by atoms with E-state index >= 15 is 0 Å². The highest BCUT2D eigenvalue weighted by Crippen LogP contribution is 2.18. The Morgan fingerprint density at radius 2 is 1.67 bits per heavy atom. The van der Waals surface area contributed by atoms with Crippen molar-refractivity contribution < 1.29 is 18.0 Å². The van der Waals surface area contributed by atoms with Crippen LogP contribution in [0.15, 0.2) is 29.2 Å². The molecule has 0 radical (unpaired) electrons. The van der Waals surface area contributed by atoms with E-state index in [1.54, 1.807) is 17.0 Å². The molecule has 1 aliphatic heterocycles. The molecule has 1 heterocycles. The topological polar surface area (TPSA) is 90.0 Å². The summed E-state index contributed by atoms with van der Waals surface area (Å²) in [5, 5.41) is 2.97. The van der Waals surface area contributed by atoms with Gasteiger partial charge in [-0.3, -0.25) is 14.5 Å². The molecule has 3 rings (SSSR count). The molecule has 0 bridgehead atoms. The molecule has 1 aromatic carbocycles. The molecule has 1 aliphatic carbocycles. The zero-order valence-electron chi connectivity index (χ0n) is 15.7. The van der Waals surface area contributed by atoms with E-state index in [1.165, 1.54) is 26.2 Å². The van der Waals surface area contributed by atoms with Crippen molar-refractivity contribution in [1.82, 2.24) is 19.4 Å². The second kappa shape index (κ2) is 7.95. The fourth-order valence-corrected chi connectivity index (χ4v) is 3.88. The summed E-state index contributed by atoms with van der Waals surface area (Å²) < 4.78 is 25.3. The van der Waals surface area contributed by atoms with Gasteiger partial charge in [0.15, 0.2) is 0 Å². The van der Waals surface area contributed by atoms with E-state index in [9.17, 15) is 18.0 Å². The first-order chi connectivity index (χ1) is 12.8. The number of nitrogens with zero attached hydrogens (tertiary/aromatic N) is 3. The molecular weight excluding hydrogens is 368 g/mol. The SMILES string of the molecule is CN(C)S(=O)(=O)c1ccc(C(=O)N2CCN(CC(=O)NC3CC3)CC2)cc1. The van der Waals surface area contributed by atoms with Crippen LogP contribution in [0.5, 0.6) is 0 Å². The molecule has 2 amide bonds. The molecule has 2 aliphatic rings. The zero-order chi connectivity index (χ0) is 19.6. The van der Waals surface area contributed by atoms with Crippen molar-refractivity contribution in [1.29, 1.82) is 0 Å². The van der Waals surface area contributed by atoms with E-state index < -0.39 is 10.0 Å². The highest BCUT2D eigenvalue weighted by molar-refractivity contribution is 7.89. The van der Waals surface area contributed by atoms with E-state index in [0.717, 1.165) is 17.1 Å². The first kappa shape index (κ1) is 19.8. The maximum atomic E-state index is 12.6. The van der Waals surface area contributed by atoms with Crippen LogP contribution in [0.2, 0.25) is 0 Å². The van der Waals surface area contributed by atoms with Crippen LogP contribution in [0, 0.1) is 0 Å². The van der Waals surface area contributed by atoms with E-state index in [0.29, 0.717) is 44.3 Å². The van der Waals surface area contributed by atoms with Crippen molar-refractivity contribution in [2.24, 2.45) is 0 Å². The summed E-state index contributed by atoms with van der Waals surface area (Å²) in [5.41, 5.74) is 0.465. The fraction of sp³-hybridized carbons (Fsp3) is 0.556. The highest BCUT2D eigenvalue weighted by Gasteiger charge is 2.27. The highest BCUT2D eigenvalue weighted by atomic mass is 32.2. The van der Waals surface area contributed by atoms with Gasteiger partial charge in [0.05, 0.1) is 11.4 Å². The van der Waals surface area contributed by atoms with Gasteiger partial charge in [0.25, 0.3) is 5.91 Å². The molecule has 1 saturated heterocycles. The third-order valence-corrected chi connectivity index (χ3v) is 6.68. The molecule has 1 N–H and O–H groups in total. The van der Waals surface area contributed by atoms with E-state index in [-0.39, 0.29) is 16.7 Å². The van der Waals surface area contributed by atoms with Crippen LogP contribution in [0.3, 0.4) is 0 Å². The number of hydrogen-bond donors (Lipinski definition) is 1. The Hall–Kier alpha value is -1.97. The quantitative estimate of drug-likeness (QED) is 0.732. The maximum absolute atomic E-state index is 12.6. The number of carbonyl (C=O) groups excluding carboxylic acids is 2. The Kier molecular flexibility index (Phi) is 5.83. The number of amides is 2. The number of benzene rings is 1. The summed E-state index contributed by atoms with van der Waals surface area (Å²) >= 11 is 0. The standard InChI is InChI=1S/C18H26N4O4S/c1-20(2)27(25,26)16-7-3-14(4-8-16)18(24)22-11-9-21(10-12-22)13-17(23)19-15-5-6-15/h3-4,7-8,15H,5-6,9-13H2,1-2H3,(H,19,23). The Morgan fingerprint density at radius 1 is 1.07 bits per heavy atom. The lowest BCUT2D eigenvalue weighted by Crippen LogP contribution is -2.51. The second-order valence-corrected chi connectivity index (χ2v) is 9.37. The largest absolute Gasteiger partial charge is 0.352 e. The third kappa shape index (κ3) is 4.85. The molecule has 27 heavy (non-hydrogen) atoms.